The molecule has 0 aromatic rings. The van der Waals surface area contributed by atoms with Crippen LogP contribution >= 0.6 is 0 Å². The molecule has 0 saturated carbocycles. The van der Waals surface area contributed by atoms with Crippen molar-refractivity contribution >= 4 is 17.9 Å². The number of carbonyl (C=O) groups excluding carboxylic acids is 3. The Morgan fingerprint density at radius 1 is 0.253 bits per heavy atom. The zero-order chi connectivity index (χ0) is 59.9. The van der Waals surface area contributed by atoms with Crippen molar-refractivity contribution in [2.24, 2.45) is 0 Å². The SMILES string of the molecule is CC/C=C\C/C=C\C/C=C\C/C=C\CCCCCCCCCCCCCCCCCCCCC(=O)OCC(COC(=O)CCCCCCC/C=C\CCCC)OC(=O)CCCCCCCCCCCCC/C=C\CCCCCCCCCC. The second-order valence-electron chi connectivity index (χ2n) is 24.5. The van der Waals surface area contributed by atoms with Crippen LogP contribution in [-0.2, 0) is 28.6 Å². The van der Waals surface area contributed by atoms with Crippen LogP contribution in [0.4, 0.5) is 0 Å². The van der Waals surface area contributed by atoms with Gasteiger partial charge < -0.3 is 14.2 Å². The molecule has 0 aliphatic heterocycles. The van der Waals surface area contributed by atoms with E-state index >= 15 is 0 Å². The normalized spacial score (nSPS) is 12.5. The Balaban J connectivity index is 4.15. The zero-order valence-electron chi connectivity index (χ0n) is 55.5. The molecule has 0 fully saturated rings. The van der Waals surface area contributed by atoms with Crippen LogP contribution in [0.25, 0.3) is 0 Å². The highest BCUT2D eigenvalue weighted by molar-refractivity contribution is 5.71. The molecule has 0 aliphatic rings. The minimum Gasteiger partial charge on any atom is -0.462 e. The van der Waals surface area contributed by atoms with Crippen molar-refractivity contribution in [1.82, 2.24) is 0 Å². The number of hydrogen-bond donors (Lipinski definition) is 0. The van der Waals surface area contributed by atoms with Gasteiger partial charge in [0, 0.05) is 19.3 Å². The lowest BCUT2D eigenvalue weighted by Crippen LogP contribution is -2.30. The van der Waals surface area contributed by atoms with E-state index in [2.05, 4.69) is 93.7 Å². The van der Waals surface area contributed by atoms with Crippen LogP contribution in [0.3, 0.4) is 0 Å². The molecule has 0 spiro atoms. The molecule has 1 unspecified atom stereocenters. The average Bonchev–Trinajstić information content (AvgIpc) is 3.48. The summed E-state index contributed by atoms with van der Waals surface area (Å²) in [5.74, 6) is -0.862. The first-order chi connectivity index (χ1) is 41.0. The molecule has 0 amide bonds. The zero-order valence-corrected chi connectivity index (χ0v) is 55.5. The highest BCUT2D eigenvalue weighted by Crippen LogP contribution is 2.18. The lowest BCUT2D eigenvalue weighted by atomic mass is 10.0. The third-order valence-corrected chi connectivity index (χ3v) is 16.2. The predicted octanol–water partition coefficient (Wildman–Crippen LogP) is 25.2. The summed E-state index contributed by atoms with van der Waals surface area (Å²) in [4.78, 5) is 38.4. The second kappa shape index (κ2) is 71.3. The first-order valence-electron chi connectivity index (χ1n) is 36.4. The van der Waals surface area contributed by atoms with Crippen molar-refractivity contribution in [2.75, 3.05) is 13.2 Å². The quantitative estimate of drug-likeness (QED) is 0.0261. The Morgan fingerprint density at radius 2 is 0.482 bits per heavy atom. The smallest absolute Gasteiger partial charge is 0.306 e. The number of hydrogen-bond acceptors (Lipinski definition) is 6. The molecule has 0 aromatic heterocycles. The maximum atomic E-state index is 12.9. The summed E-state index contributed by atoms with van der Waals surface area (Å²) in [5, 5.41) is 0. The van der Waals surface area contributed by atoms with E-state index < -0.39 is 6.10 Å². The van der Waals surface area contributed by atoms with Gasteiger partial charge in [0.1, 0.15) is 13.2 Å². The first kappa shape index (κ1) is 79.8. The second-order valence-corrected chi connectivity index (χ2v) is 24.5. The van der Waals surface area contributed by atoms with Gasteiger partial charge in [-0.2, -0.15) is 0 Å². The lowest BCUT2D eigenvalue weighted by Gasteiger charge is -2.18. The minimum absolute atomic E-state index is 0.0736. The molecule has 83 heavy (non-hydrogen) atoms. The van der Waals surface area contributed by atoms with Gasteiger partial charge in [-0.15, -0.1) is 0 Å². The van der Waals surface area contributed by atoms with Crippen LogP contribution in [0.1, 0.15) is 380 Å². The van der Waals surface area contributed by atoms with Crippen LogP contribution < -0.4 is 0 Å². The van der Waals surface area contributed by atoms with E-state index in [1.165, 1.54) is 250 Å². The van der Waals surface area contributed by atoms with Crippen LogP contribution in [0, 0.1) is 0 Å². The van der Waals surface area contributed by atoms with Gasteiger partial charge in [0.2, 0.25) is 0 Å². The van der Waals surface area contributed by atoms with Crippen molar-refractivity contribution < 1.29 is 28.6 Å². The summed E-state index contributed by atoms with van der Waals surface area (Å²) in [6.45, 7) is 6.54. The van der Waals surface area contributed by atoms with Crippen LogP contribution in [0.15, 0.2) is 72.9 Å². The number of ether oxygens (including phenoxy) is 3. The molecule has 0 saturated heterocycles. The van der Waals surface area contributed by atoms with E-state index in [0.717, 1.165) is 89.9 Å². The van der Waals surface area contributed by atoms with E-state index in [9.17, 15) is 14.4 Å². The number of unbranched alkanes of at least 4 members (excludes halogenated alkanes) is 44. The highest BCUT2D eigenvalue weighted by atomic mass is 16.6. The largest absolute Gasteiger partial charge is 0.462 e. The van der Waals surface area contributed by atoms with Crippen molar-refractivity contribution in [3.63, 3.8) is 0 Å². The van der Waals surface area contributed by atoms with E-state index in [1.807, 2.05) is 0 Å². The number of esters is 3. The number of rotatable bonds is 67. The molecular weight excluding hydrogens is 1020 g/mol. The fraction of sp³-hybridized carbons (Fsp3) is 0.805. The fourth-order valence-electron chi connectivity index (χ4n) is 10.7. The Kier molecular flexibility index (Phi) is 68.6. The fourth-order valence-corrected chi connectivity index (χ4v) is 10.7. The summed E-state index contributed by atoms with van der Waals surface area (Å²) in [6.07, 6.45) is 93.8. The van der Waals surface area contributed by atoms with Gasteiger partial charge in [-0.05, 0) is 103 Å². The molecule has 0 rings (SSSR count). The summed E-state index contributed by atoms with van der Waals surface area (Å²) in [7, 11) is 0. The first-order valence-corrected chi connectivity index (χ1v) is 36.4. The standard InChI is InChI=1S/C77H138O6/c1-4-7-10-13-16-19-22-24-26-28-30-32-34-35-36-37-38-39-40-41-43-44-46-48-50-52-55-58-61-64-67-70-76(79)82-73-74(72-81-75(78)69-66-63-60-57-54-21-18-15-12-9-6-3)83-77(80)71-68-65-62-59-56-53-51-49-47-45-42-33-31-29-27-25-23-20-17-14-11-8-5-2/h7,10,15-16,18-19,24,26,29-32,74H,4-6,8-9,11-14,17,20-23,25,27-28,33-73H2,1-3H3/b10-7-,18-15-,19-16-,26-24-,31-29-,32-30-. The van der Waals surface area contributed by atoms with Gasteiger partial charge in [0.15, 0.2) is 6.10 Å². The van der Waals surface area contributed by atoms with Gasteiger partial charge in [0.25, 0.3) is 0 Å². The molecule has 0 N–H and O–H groups in total. The Bertz CT molecular complexity index is 1520. The van der Waals surface area contributed by atoms with E-state index in [0.29, 0.717) is 19.3 Å². The van der Waals surface area contributed by atoms with Gasteiger partial charge in [-0.1, -0.05) is 331 Å². The van der Waals surface area contributed by atoms with Crippen molar-refractivity contribution in [2.45, 2.75) is 386 Å². The topological polar surface area (TPSA) is 78.9 Å². The van der Waals surface area contributed by atoms with Gasteiger partial charge in [-0.3, -0.25) is 14.4 Å². The van der Waals surface area contributed by atoms with Gasteiger partial charge in [-0.25, -0.2) is 0 Å². The maximum absolute atomic E-state index is 12.9. The molecule has 0 aliphatic carbocycles. The minimum atomic E-state index is -0.778. The molecule has 1 atom stereocenters. The third-order valence-electron chi connectivity index (χ3n) is 16.2. The van der Waals surface area contributed by atoms with Crippen molar-refractivity contribution in [3.05, 3.63) is 72.9 Å². The molecule has 0 aromatic carbocycles. The van der Waals surface area contributed by atoms with E-state index in [4.69, 9.17) is 14.2 Å². The van der Waals surface area contributed by atoms with E-state index in [1.54, 1.807) is 0 Å². The Morgan fingerprint density at radius 3 is 0.783 bits per heavy atom. The van der Waals surface area contributed by atoms with Crippen LogP contribution in [0.2, 0.25) is 0 Å². The number of allylic oxidation sites excluding steroid dienone is 12. The van der Waals surface area contributed by atoms with Gasteiger partial charge in [0.05, 0.1) is 0 Å². The van der Waals surface area contributed by atoms with Crippen LogP contribution in [0.5, 0.6) is 0 Å². The maximum Gasteiger partial charge on any atom is 0.306 e. The third kappa shape index (κ3) is 69.5. The van der Waals surface area contributed by atoms with Crippen molar-refractivity contribution in [3.8, 4) is 0 Å². The molecule has 6 nitrogen and oxygen atoms in total. The molecule has 6 heteroatoms. The molecule has 0 radical (unpaired) electrons. The van der Waals surface area contributed by atoms with Crippen molar-refractivity contribution in [1.29, 1.82) is 0 Å². The summed E-state index contributed by atoms with van der Waals surface area (Å²) >= 11 is 0. The molecule has 0 bridgehead atoms. The Labute approximate surface area is 516 Å². The summed E-state index contributed by atoms with van der Waals surface area (Å²) in [5.41, 5.74) is 0. The summed E-state index contributed by atoms with van der Waals surface area (Å²) in [6, 6.07) is 0. The lowest BCUT2D eigenvalue weighted by molar-refractivity contribution is -0.167. The molecule has 0 heterocycles. The monoisotopic (exact) mass is 1160 g/mol. The molecule has 482 valence electrons. The summed E-state index contributed by atoms with van der Waals surface area (Å²) < 4.78 is 17.0. The average molecular weight is 1160 g/mol. The van der Waals surface area contributed by atoms with Crippen LogP contribution in [-0.4, -0.2) is 37.2 Å². The number of carbonyl (C=O) groups is 3. The van der Waals surface area contributed by atoms with E-state index in [-0.39, 0.29) is 31.1 Å². The Hall–Kier alpha value is -3.15. The highest BCUT2D eigenvalue weighted by Gasteiger charge is 2.19. The van der Waals surface area contributed by atoms with Gasteiger partial charge >= 0.3 is 17.9 Å². The predicted molar refractivity (Wildman–Crippen MR) is 362 cm³/mol. The molecular formula is C77H138O6.